The van der Waals surface area contributed by atoms with Crippen molar-refractivity contribution in [1.82, 2.24) is 0 Å². The summed E-state index contributed by atoms with van der Waals surface area (Å²) in [5, 5.41) is 8.80. The Bertz CT molecular complexity index is 103. The molecule has 0 radical (unpaired) electrons. The molecule has 0 unspecified atom stereocenters. The number of hydrogen-bond donors (Lipinski definition) is 1. The summed E-state index contributed by atoms with van der Waals surface area (Å²) >= 11 is 0. The first-order valence-electron chi connectivity index (χ1n) is 3.23. The Hall–Kier alpha value is -0.300. The fraction of sp³-hybridized carbons (Fsp3) is 0.750. The van der Waals surface area contributed by atoms with Crippen molar-refractivity contribution in [2.24, 2.45) is 5.41 Å². The Labute approximate surface area is 57.4 Å². The molecular weight excluding hydrogens is 112 g/mol. The summed E-state index contributed by atoms with van der Waals surface area (Å²) < 4.78 is 0. The van der Waals surface area contributed by atoms with Crippen LogP contribution in [-0.4, -0.2) is 11.7 Å². The molecule has 1 nitrogen and oxygen atoms in total. The van der Waals surface area contributed by atoms with Crippen LogP contribution in [-0.2, 0) is 0 Å². The summed E-state index contributed by atoms with van der Waals surface area (Å²) in [4.78, 5) is 0. The normalized spacial score (nSPS) is 11.6. The van der Waals surface area contributed by atoms with Gasteiger partial charge in [-0.15, -0.1) is 6.58 Å². The van der Waals surface area contributed by atoms with E-state index in [0.29, 0.717) is 0 Å². The molecule has 1 N–H and O–H groups in total. The van der Waals surface area contributed by atoms with E-state index in [-0.39, 0.29) is 12.0 Å². The van der Waals surface area contributed by atoms with E-state index in [1.54, 1.807) is 0 Å². The van der Waals surface area contributed by atoms with Gasteiger partial charge in [0.2, 0.25) is 0 Å². The van der Waals surface area contributed by atoms with E-state index < -0.39 is 0 Å². The van der Waals surface area contributed by atoms with Crippen LogP contribution in [0, 0.1) is 5.41 Å². The van der Waals surface area contributed by atoms with Crippen LogP contribution in [0.5, 0.6) is 0 Å². The molecule has 0 aliphatic heterocycles. The van der Waals surface area contributed by atoms with E-state index in [9.17, 15) is 0 Å². The number of allylic oxidation sites excluding steroid dienone is 1. The van der Waals surface area contributed by atoms with Gasteiger partial charge < -0.3 is 5.11 Å². The zero-order valence-electron chi connectivity index (χ0n) is 6.57. The molecule has 0 aliphatic carbocycles. The van der Waals surface area contributed by atoms with Gasteiger partial charge in [0, 0.05) is 6.61 Å². The van der Waals surface area contributed by atoms with Crippen LogP contribution in [0.15, 0.2) is 12.2 Å². The number of aliphatic hydroxyl groups excluding tert-OH is 1. The lowest BCUT2D eigenvalue weighted by Crippen LogP contribution is -2.16. The van der Waals surface area contributed by atoms with Crippen molar-refractivity contribution >= 4 is 0 Å². The second-order valence-electron chi connectivity index (χ2n) is 3.46. The first kappa shape index (κ1) is 8.70. The topological polar surface area (TPSA) is 20.2 Å². The Balaban J connectivity index is 3.71. The average Bonchev–Trinajstić information content (AvgIpc) is 1.63. The minimum absolute atomic E-state index is 0.0197. The molecule has 0 fully saturated rings. The molecule has 0 rings (SSSR count). The maximum Gasteiger partial charge on any atom is 0.0485 e. The smallest absolute Gasteiger partial charge is 0.0485 e. The average molecular weight is 128 g/mol. The van der Waals surface area contributed by atoms with Crippen LogP contribution in [0.2, 0.25) is 0 Å². The molecule has 9 heavy (non-hydrogen) atoms. The number of hydrogen-bond acceptors (Lipinski definition) is 1. The minimum Gasteiger partial charge on any atom is -0.396 e. The highest BCUT2D eigenvalue weighted by molar-refractivity contribution is 4.93. The minimum atomic E-state index is 0.0197. The van der Waals surface area contributed by atoms with Gasteiger partial charge in [0.25, 0.3) is 0 Å². The fourth-order valence-electron chi connectivity index (χ4n) is 0.873. The molecule has 0 amide bonds. The van der Waals surface area contributed by atoms with Gasteiger partial charge in [-0.2, -0.15) is 0 Å². The maximum absolute atomic E-state index is 8.80. The van der Waals surface area contributed by atoms with E-state index in [1.165, 1.54) is 0 Å². The molecule has 0 aromatic rings. The molecule has 0 aliphatic rings. The van der Waals surface area contributed by atoms with Crippen molar-refractivity contribution in [2.75, 3.05) is 6.61 Å². The van der Waals surface area contributed by atoms with E-state index >= 15 is 0 Å². The molecule has 54 valence electrons. The van der Waals surface area contributed by atoms with E-state index in [2.05, 4.69) is 6.58 Å². The van der Waals surface area contributed by atoms with Crippen molar-refractivity contribution in [3.05, 3.63) is 12.2 Å². The Kier molecular flexibility index (Phi) is 2.92. The summed E-state index contributed by atoms with van der Waals surface area (Å²) in [6, 6.07) is 0. The fourth-order valence-corrected chi connectivity index (χ4v) is 0.873. The lowest BCUT2D eigenvalue weighted by atomic mass is 9.88. The Morgan fingerprint density at radius 1 is 1.56 bits per heavy atom. The van der Waals surface area contributed by atoms with Crippen LogP contribution in [0.1, 0.15) is 27.2 Å². The summed E-state index contributed by atoms with van der Waals surface area (Å²) in [6.45, 7) is 10.1. The van der Waals surface area contributed by atoms with Crippen molar-refractivity contribution in [1.29, 1.82) is 0 Å². The first-order chi connectivity index (χ1) is 3.98. The zero-order valence-corrected chi connectivity index (χ0v) is 6.57. The molecular formula is C8H16O. The third kappa shape index (κ3) is 4.22. The van der Waals surface area contributed by atoms with Crippen LogP contribution < -0.4 is 0 Å². The standard InChI is InChI=1S/C8H16O/c1-7(2)5-8(3,4)6-9/h9H,1,5-6H2,2-4H3. The molecule has 0 aromatic carbocycles. The molecule has 0 bridgehead atoms. The van der Waals surface area contributed by atoms with Gasteiger partial charge in [0.15, 0.2) is 0 Å². The highest BCUT2D eigenvalue weighted by Gasteiger charge is 2.15. The van der Waals surface area contributed by atoms with Crippen molar-refractivity contribution in [3.63, 3.8) is 0 Å². The summed E-state index contributed by atoms with van der Waals surface area (Å²) in [7, 11) is 0. The quantitative estimate of drug-likeness (QED) is 0.576. The van der Waals surface area contributed by atoms with Crippen LogP contribution in [0.4, 0.5) is 0 Å². The van der Waals surface area contributed by atoms with Gasteiger partial charge in [-0.3, -0.25) is 0 Å². The molecule has 0 saturated heterocycles. The highest BCUT2D eigenvalue weighted by Crippen LogP contribution is 2.22. The van der Waals surface area contributed by atoms with Gasteiger partial charge in [-0.1, -0.05) is 19.4 Å². The van der Waals surface area contributed by atoms with Gasteiger partial charge in [-0.25, -0.2) is 0 Å². The van der Waals surface area contributed by atoms with Crippen LogP contribution >= 0.6 is 0 Å². The summed E-state index contributed by atoms with van der Waals surface area (Å²) in [6.07, 6.45) is 0.906. The largest absolute Gasteiger partial charge is 0.396 e. The summed E-state index contributed by atoms with van der Waals surface area (Å²) in [5.74, 6) is 0. The Morgan fingerprint density at radius 3 is 2.11 bits per heavy atom. The second-order valence-corrected chi connectivity index (χ2v) is 3.46. The van der Waals surface area contributed by atoms with Crippen molar-refractivity contribution in [2.45, 2.75) is 27.2 Å². The van der Waals surface area contributed by atoms with Crippen LogP contribution in [0.3, 0.4) is 0 Å². The summed E-state index contributed by atoms with van der Waals surface area (Å²) in [5.41, 5.74) is 1.15. The lowest BCUT2D eigenvalue weighted by Gasteiger charge is -2.20. The van der Waals surface area contributed by atoms with Gasteiger partial charge >= 0.3 is 0 Å². The first-order valence-corrected chi connectivity index (χ1v) is 3.23. The SMILES string of the molecule is C=C(C)CC(C)(C)CO. The van der Waals surface area contributed by atoms with E-state index in [4.69, 9.17) is 5.11 Å². The highest BCUT2D eigenvalue weighted by atomic mass is 16.3. The van der Waals surface area contributed by atoms with Gasteiger partial charge in [0.05, 0.1) is 0 Å². The molecule has 0 saturated carbocycles. The number of rotatable bonds is 3. The van der Waals surface area contributed by atoms with E-state index in [1.807, 2.05) is 20.8 Å². The molecule has 0 heterocycles. The predicted octanol–water partition coefficient (Wildman–Crippen LogP) is 1.97. The maximum atomic E-state index is 8.80. The predicted molar refractivity (Wildman–Crippen MR) is 40.3 cm³/mol. The van der Waals surface area contributed by atoms with Gasteiger partial charge in [0.1, 0.15) is 0 Å². The lowest BCUT2D eigenvalue weighted by molar-refractivity contribution is 0.159. The van der Waals surface area contributed by atoms with E-state index in [0.717, 1.165) is 12.0 Å². The monoisotopic (exact) mass is 128 g/mol. The molecule has 0 aromatic heterocycles. The van der Waals surface area contributed by atoms with Crippen molar-refractivity contribution in [3.8, 4) is 0 Å². The third-order valence-corrected chi connectivity index (χ3v) is 1.21. The Morgan fingerprint density at radius 2 is 2.00 bits per heavy atom. The van der Waals surface area contributed by atoms with Crippen LogP contribution in [0.25, 0.3) is 0 Å². The number of aliphatic hydroxyl groups is 1. The van der Waals surface area contributed by atoms with Gasteiger partial charge in [-0.05, 0) is 18.8 Å². The molecule has 0 spiro atoms. The third-order valence-electron chi connectivity index (χ3n) is 1.21. The van der Waals surface area contributed by atoms with Crippen molar-refractivity contribution < 1.29 is 5.11 Å². The zero-order chi connectivity index (χ0) is 7.49. The molecule has 0 atom stereocenters. The second kappa shape index (κ2) is 3.02. The molecule has 1 heteroatoms.